The number of rotatable bonds is 9. The van der Waals surface area contributed by atoms with Gasteiger partial charge in [0.2, 0.25) is 11.4 Å². The van der Waals surface area contributed by atoms with E-state index in [-0.39, 0.29) is 37.3 Å². The number of nitrogens with zero attached hydrogens (tertiary/aromatic N) is 3. The monoisotopic (exact) mass is 545 g/mol. The number of unbranched alkanes of at least 4 members (excludes halogenated alkanes) is 1. The highest BCUT2D eigenvalue weighted by Gasteiger charge is 2.52. The molecule has 3 aliphatic rings. The Balaban J connectivity index is 1.76. The van der Waals surface area contributed by atoms with E-state index in [4.69, 9.17) is 23.7 Å². The van der Waals surface area contributed by atoms with Gasteiger partial charge in [-0.3, -0.25) is 9.69 Å². The normalized spacial score (nSPS) is 20.8. The molecule has 0 bridgehead atoms. The predicted octanol–water partition coefficient (Wildman–Crippen LogP) is 2.44. The fourth-order valence-electron chi connectivity index (χ4n) is 5.46. The number of carbonyl (C=O) groups is 3. The fraction of sp³-hybridized carbons (Fsp3) is 0.667. The zero-order valence-corrected chi connectivity index (χ0v) is 22.7. The minimum atomic E-state index is -2.12. The summed E-state index contributed by atoms with van der Waals surface area (Å²) in [7, 11) is 0. The molecular weight excluding hydrogens is 510 g/mol. The Morgan fingerprint density at radius 3 is 2.56 bits per heavy atom. The van der Waals surface area contributed by atoms with Crippen LogP contribution in [0.4, 0.5) is 4.79 Å². The van der Waals surface area contributed by atoms with E-state index in [0.29, 0.717) is 51.1 Å². The zero-order valence-electron chi connectivity index (χ0n) is 22.7. The van der Waals surface area contributed by atoms with Crippen molar-refractivity contribution in [3.8, 4) is 6.07 Å². The van der Waals surface area contributed by atoms with Gasteiger partial charge in [0.25, 0.3) is 5.56 Å². The molecule has 1 amide bonds. The molecule has 2 saturated heterocycles. The molecule has 39 heavy (non-hydrogen) atoms. The molecule has 0 aliphatic carbocycles. The molecule has 0 N–H and O–H groups in total. The number of aromatic nitrogens is 1. The third-order valence-corrected chi connectivity index (χ3v) is 7.52. The maximum atomic E-state index is 13.6. The van der Waals surface area contributed by atoms with Crippen molar-refractivity contribution in [1.82, 2.24) is 9.47 Å². The number of hydrogen-bond acceptors (Lipinski definition) is 10. The first-order chi connectivity index (χ1) is 18.8. The Morgan fingerprint density at radius 2 is 1.92 bits per heavy atom. The summed E-state index contributed by atoms with van der Waals surface area (Å²) in [6.07, 6.45) is 1.98. The number of esters is 2. The molecular formula is C27H35N3O9. The Kier molecular flexibility index (Phi) is 8.61. The van der Waals surface area contributed by atoms with E-state index in [2.05, 4.69) is 0 Å². The molecule has 4 heterocycles. The van der Waals surface area contributed by atoms with Gasteiger partial charge in [-0.2, -0.15) is 5.26 Å². The SMILES string of the molecule is CCCCOC(=O)N1CCC[C@@H]1C(=O)O[C@@](CC)(C(=O)OCC)c1cc2n(c(=O)c1C#N)CCC21OCCO1. The first-order valence-electron chi connectivity index (χ1n) is 13.6. The minimum Gasteiger partial charge on any atom is -0.463 e. The third-order valence-electron chi connectivity index (χ3n) is 7.52. The zero-order chi connectivity index (χ0) is 28.2. The van der Waals surface area contributed by atoms with E-state index in [1.807, 2.05) is 13.0 Å². The number of carbonyl (C=O) groups excluding carboxylic acids is 3. The van der Waals surface area contributed by atoms with Gasteiger partial charge in [-0.1, -0.05) is 20.3 Å². The van der Waals surface area contributed by atoms with Crippen molar-refractivity contribution in [2.45, 2.75) is 83.3 Å². The van der Waals surface area contributed by atoms with Gasteiger partial charge in [0.05, 0.1) is 32.1 Å². The summed E-state index contributed by atoms with van der Waals surface area (Å²) < 4.78 is 29.7. The lowest BCUT2D eigenvalue weighted by Crippen LogP contribution is -2.49. The molecule has 1 aromatic rings. The molecule has 2 atom stereocenters. The van der Waals surface area contributed by atoms with E-state index in [1.165, 1.54) is 15.5 Å². The summed E-state index contributed by atoms with van der Waals surface area (Å²) in [5, 5.41) is 10.0. The van der Waals surface area contributed by atoms with Crippen LogP contribution in [-0.2, 0) is 51.2 Å². The lowest BCUT2D eigenvalue weighted by Gasteiger charge is -2.34. The maximum absolute atomic E-state index is 13.6. The van der Waals surface area contributed by atoms with Crippen molar-refractivity contribution in [3.63, 3.8) is 0 Å². The topological polar surface area (TPSA) is 146 Å². The standard InChI is InChI=1S/C27H35N3O9/c1-4-7-13-36-25(34)29-11-8-9-20(29)23(32)39-26(5-2,24(33)35-6-3)19-16-21-27(37-14-15-38-27)10-12-30(21)22(31)18(19)17-28/h16,20H,4-15H2,1-3H3/t20-,26-/m1/s1. The van der Waals surface area contributed by atoms with E-state index >= 15 is 0 Å². The highest BCUT2D eigenvalue weighted by atomic mass is 16.7. The highest BCUT2D eigenvalue weighted by Crippen LogP contribution is 2.43. The van der Waals surface area contributed by atoms with E-state index in [0.717, 1.165) is 6.42 Å². The number of nitriles is 1. The molecule has 4 rings (SSSR count). The predicted molar refractivity (Wildman–Crippen MR) is 134 cm³/mol. The van der Waals surface area contributed by atoms with Crippen LogP contribution in [0.5, 0.6) is 0 Å². The van der Waals surface area contributed by atoms with Crippen LogP contribution >= 0.6 is 0 Å². The summed E-state index contributed by atoms with van der Waals surface area (Å²) in [5.41, 5.74) is -2.83. The molecule has 2 fully saturated rings. The fourth-order valence-corrected chi connectivity index (χ4v) is 5.46. The molecule has 0 unspecified atom stereocenters. The van der Waals surface area contributed by atoms with Gasteiger partial charge in [-0.05, 0) is 38.7 Å². The number of hydrogen-bond donors (Lipinski definition) is 0. The van der Waals surface area contributed by atoms with Crippen LogP contribution in [-0.4, -0.2) is 66.5 Å². The van der Waals surface area contributed by atoms with Gasteiger partial charge in [0.1, 0.15) is 17.7 Å². The van der Waals surface area contributed by atoms with Gasteiger partial charge in [-0.25, -0.2) is 14.4 Å². The van der Waals surface area contributed by atoms with Crippen molar-refractivity contribution in [1.29, 1.82) is 5.26 Å². The number of ether oxygens (including phenoxy) is 5. The van der Waals surface area contributed by atoms with Crippen molar-refractivity contribution in [2.75, 3.05) is 33.0 Å². The smallest absolute Gasteiger partial charge is 0.410 e. The van der Waals surface area contributed by atoms with Crippen molar-refractivity contribution in [2.24, 2.45) is 0 Å². The molecule has 3 aliphatic heterocycles. The van der Waals surface area contributed by atoms with Crippen LogP contribution in [0.3, 0.4) is 0 Å². The number of pyridine rings is 1. The number of fused-ring (bicyclic) bond motifs is 2. The molecule has 212 valence electrons. The van der Waals surface area contributed by atoms with Gasteiger partial charge in [0, 0.05) is 25.1 Å². The van der Waals surface area contributed by atoms with E-state index in [9.17, 15) is 24.4 Å². The van der Waals surface area contributed by atoms with Crippen LogP contribution in [0.15, 0.2) is 10.9 Å². The Hall–Kier alpha value is -3.43. The Labute approximate surface area is 226 Å². The van der Waals surface area contributed by atoms with Crippen LogP contribution in [0, 0.1) is 11.3 Å². The van der Waals surface area contributed by atoms with Crippen LogP contribution in [0.25, 0.3) is 0 Å². The molecule has 0 saturated carbocycles. The van der Waals surface area contributed by atoms with E-state index < -0.39 is 41.0 Å². The average Bonchev–Trinajstić information content (AvgIpc) is 3.69. The van der Waals surface area contributed by atoms with Gasteiger partial charge in [-0.15, -0.1) is 0 Å². The summed E-state index contributed by atoms with van der Waals surface area (Å²) in [4.78, 5) is 54.6. The number of likely N-dealkylation sites (tertiary alicyclic amines) is 1. The molecule has 1 aromatic heterocycles. The van der Waals surface area contributed by atoms with Crippen molar-refractivity contribution < 1.29 is 38.1 Å². The molecule has 1 spiro atoms. The van der Waals surface area contributed by atoms with Crippen molar-refractivity contribution >= 4 is 18.0 Å². The Bertz CT molecular complexity index is 1210. The maximum Gasteiger partial charge on any atom is 0.410 e. The van der Waals surface area contributed by atoms with E-state index in [1.54, 1.807) is 13.8 Å². The lowest BCUT2D eigenvalue weighted by atomic mass is 9.86. The second-order valence-corrected chi connectivity index (χ2v) is 9.73. The summed E-state index contributed by atoms with van der Waals surface area (Å²) in [5.74, 6) is -2.95. The largest absolute Gasteiger partial charge is 0.463 e. The van der Waals surface area contributed by atoms with Crippen LogP contribution in [0.2, 0.25) is 0 Å². The van der Waals surface area contributed by atoms with Crippen LogP contribution < -0.4 is 5.56 Å². The lowest BCUT2D eigenvalue weighted by molar-refractivity contribution is -0.187. The van der Waals surface area contributed by atoms with Crippen molar-refractivity contribution in [3.05, 3.63) is 33.2 Å². The molecule has 12 nitrogen and oxygen atoms in total. The average molecular weight is 546 g/mol. The van der Waals surface area contributed by atoms with Crippen LogP contribution in [0.1, 0.15) is 76.1 Å². The Morgan fingerprint density at radius 1 is 1.18 bits per heavy atom. The third kappa shape index (κ3) is 5.01. The molecule has 0 radical (unpaired) electrons. The molecule has 12 heteroatoms. The minimum absolute atomic E-state index is 0.0284. The summed E-state index contributed by atoms with van der Waals surface area (Å²) >= 11 is 0. The van der Waals surface area contributed by atoms with Gasteiger partial charge >= 0.3 is 18.0 Å². The van der Waals surface area contributed by atoms with Gasteiger partial charge in [0.15, 0.2) is 0 Å². The second kappa shape index (κ2) is 11.8. The quantitative estimate of drug-likeness (QED) is 0.257. The first kappa shape index (κ1) is 28.6. The number of amides is 1. The highest BCUT2D eigenvalue weighted by molar-refractivity contribution is 5.88. The summed E-state index contributed by atoms with van der Waals surface area (Å²) in [6.45, 7) is 6.57. The first-order valence-corrected chi connectivity index (χ1v) is 13.6. The molecule has 0 aromatic carbocycles. The van der Waals surface area contributed by atoms with Gasteiger partial charge < -0.3 is 28.3 Å². The summed E-state index contributed by atoms with van der Waals surface area (Å²) in [6, 6.07) is 2.40. The second-order valence-electron chi connectivity index (χ2n) is 9.73.